The van der Waals surface area contributed by atoms with Crippen molar-refractivity contribution in [2.75, 3.05) is 13.2 Å². The average molecular weight is 387 g/mol. The minimum absolute atomic E-state index is 0.0391. The first-order valence-corrected chi connectivity index (χ1v) is 8.48. The largest absolute Gasteiger partial charge is 0.500 e. The normalized spacial score (nSPS) is 10.7. The van der Waals surface area contributed by atoms with Crippen LogP contribution >= 0.6 is 0 Å². The lowest BCUT2D eigenvalue weighted by Crippen LogP contribution is -2.24. The lowest BCUT2D eigenvalue weighted by Gasteiger charge is -2.09. The molecule has 1 amide bonds. The van der Waals surface area contributed by atoms with Crippen LogP contribution in [-0.4, -0.2) is 35.4 Å². The number of aromatic hydroxyl groups is 1. The van der Waals surface area contributed by atoms with E-state index in [4.69, 9.17) is 9.47 Å². The minimum Gasteiger partial charge on any atom is -0.500 e. The third-order valence-electron chi connectivity index (χ3n) is 3.89. The Bertz CT molecular complexity index is 911. The van der Waals surface area contributed by atoms with Gasteiger partial charge in [0.1, 0.15) is 5.75 Å². The van der Waals surface area contributed by atoms with E-state index in [9.17, 15) is 20.0 Å². The first-order chi connectivity index (χ1) is 13.3. The number of rotatable bonds is 8. The molecule has 0 spiro atoms. The summed E-state index contributed by atoms with van der Waals surface area (Å²) in [5.74, 6) is -0.484. The SMILES string of the molecule is CCOc1cc(/C=N\NC(=O)COc2cccc(C)c2C)cc([N+](=O)[O-])c1O. The van der Waals surface area contributed by atoms with Crippen molar-refractivity contribution < 1.29 is 24.3 Å². The molecule has 0 fully saturated rings. The lowest BCUT2D eigenvalue weighted by atomic mass is 10.1. The standard InChI is InChI=1S/C19H21N3O6/c1-4-27-17-9-14(8-15(19(17)24)22(25)26)10-20-21-18(23)11-28-16-7-5-6-12(2)13(16)3/h5-10,24H,4,11H2,1-3H3,(H,21,23)/b20-10-. The molecule has 2 aromatic rings. The number of nitro groups is 1. The minimum atomic E-state index is -0.730. The average Bonchev–Trinajstić information content (AvgIpc) is 2.65. The van der Waals surface area contributed by atoms with E-state index in [2.05, 4.69) is 10.5 Å². The van der Waals surface area contributed by atoms with Crippen molar-refractivity contribution in [2.24, 2.45) is 5.10 Å². The number of nitro benzene ring substituents is 1. The topological polar surface area (TPSA) is 123 Å². The Morgan fingerprint density at radius 2 is 2.04 bits per heavy atom. The fourth-order valence-electron chi connectivity index (χ4n) is 2.33. The maximum Gasteiger partial charge on any atom is 0.315 e. The Balaban J connectivity index is 2.02. The summed E-state index contributed by atoms with van der Waals surface area (Å²) in [7, 11) is 0. The van der Waals surface area contributed by atoms with Gasteiger partial charge in [0.15, 0.2) is 12.4 Å². The van der Waals surface area contributed by atoms with Crippen LogP contribution in [0.4, 0.5) is 5.69 Å². The Kier molecular flexibility index (Phi) is 6.91. The van der Waals surface area contributed by atoms with Crippen molar-refractivity contribution in [3.8, 4) is 17.2 Å². The third-order valence-corrected chi connectivity index (χ3v) is 3.89. The van der Waals surface area contributed by atoms with Gasteiger partial charge in [0.2, 0.25) is 5.75 Å². The van der Waals surface area contributed by atoms with Crippen LogP contribution in [0.3, 0.4) is 0 Å². The smallest absolute Gasteiger partial charge is 0.315 e. The molecule has 0 atom stereocenters. The predicted molar refractivity (Wildman–Crippen MR) is 103 cm³/mol. The molecule has 2 aromatic carbocycles. The van der Waals surface area contributed by atoms with Gasteiger partial charge in [-0.15, -0.1) is 0 Å². The number of ether oxygens (including phenoxy) is 2. The van der Waals surface area contributed by atoms with Crippen molar-refractivity contribution in [3.05, 3.63) is 57.1 Å². The number of carbonyl (C=O) groups excluding carboxylic acids is 1. The first-order valence-electron chi connectivity index (χ1n) is 8.48. The zero-order valence-electron chi connectivity index (χ0n) is 15.8. The maximum absolute atomic E-state index is 11.9. The third kappa shape index (κ3) is 5.19. The van der Waals surface area contributed by atoms with Gasteiger partial charge in [-0.2, -0.15) is 5.10 Å². The molecule has 0 aliphatic rings. The summed E-state index contributed by atoms with van der Waals surface area (Å²) >= 11 is 0. The number of benzene rings is 2. The molecule has 9 nitrogen and oxygen atoms in total. The van der Waals surface area contributed by atoms with E-state index in [1.165, 1.54) is 12.3 Å². The number of amides is 1. The number of nitrogens with one attached hydrogen (secondary N) is 1. The fourth-order valence-corrected chi connectivity index (χ4v) is 2.33. The summed E-state index contributed by atoms with van der Waals surface area (Å²) in [4.78, 5) is 22.2. The van der Waals surface area contributed by atoms with Crippen molar-refractivity contribution in [2.45, 2.75) is 20.8 Å². The highest BCUT2D eigenvalue weighted by molar-refractivity contribution is 5.85. The monoisotopic (exact) mass is 387 g/mol. The number of phenolic OH excluding ortho intramolecular Hbond substituents is 1. The van der Waals surface area contributed by atoms with Crippen LogP contribution in [0, 0.1) is 24.0 Å². The number of phenols is 1. The summed E-state index contributed by atoms with van der Waals surface area (Å²) in [6.45, 7) is 5.51. The van der Waals surface area contributed by atoms with Crippen molar-refractivity contribution in [1.82, 2.24) is 5.43 Å². The van der Waals surface area contributed by atoms with Crippen LogP contribution in [0.25, 0.3) is 0 Å². The van der Waals surface area contributed by atoms with Gasteiger partial charge in [0.05, 0.1) is 17.7 Å². The highest BCUT2D eigenvalue weighted by Gasteiger charge is 2.19. The molecule has 0 aliphatic heterocycles. The van der Waals surface area contributed by atoms with Crippen molar-refractivity contribution >= 4 is 17.8 Å². The molecule has 148 valence electrons. The molecule has 2 N–H and O–H groups in total. The van der Waals surface area contributed by atoms with Crippen LogP contribution in [0.15, 0.2) is 35.4 Å². The van der Waals surface area contributed by atoms with Crippen LogP contribution in [0.1, 0.15) is 23.6 Å². The number of aryl methyl sites for hydroxylation is 1. The number of hydrogen-bond donors (Lipinski definition) is 2. The van der Waals surface area contributed by atoms with Gasteiger partial charge in [-0.25, -0.2) is 5.43 Å². The van der Waals surface area contributed by atoms with Crippen LogP contribution in [-0.2, 0) is 4.79 Å². The predicted octanol–water partition coefficient (Wildman–Crippen LogP) is 2.85. The number of hydrogen-bond acceptors (Lipinski definition) is 7. The van der Waals surface area contributed by atoms with Crippen LogP contribution in [0.5, 0.6) is 17.2 Å². The molecule has 0 heterocycles. The highest BCUT2D eigenvalue weighted by atomic mass is 16.6. The molecular weight excluding hydrogens is 366 g/mol. The molecule has 0 aromatic heterocycles. The maximum atomic E-state index is 11.9. The molecule has 0 saturated carbocycles. The highest BCUT2D eigenvalue weighted by Crippen LogP contribution is 2.36. The van der Waals surface area contributed by atoms with Crippen LogP contribution in [0.2, 0.25) is 0 Å². The molecule has 0 saturated heterocycles. The Labute approximate surface area is 161 Å². The molecule has 0 radical (unpaired) electrons. The summed E-state index contributed by atoms with van der Waals surface area (Å²) < 4.78 is 10.7. The van der Waals surface area contributed by atoms with Gasteiger partial charge in [-0.1, -0.05) is 12.1 Å². The van der Waals surface area contributed by atoms with E-state index in [1.54, 1.807) is 13.0 Å². The second kappa shape index (κ2) is 9.36. The van der Waals surface area contributed by atoms with E-state index in [0.717, 1.165) is 17.2 Å². The van der Waals surface area contributed by atoms with E-state index in [-0.39, 0.29) is 24.5 Å². The van der Waals surface area contributed by atoms with Crippen molar-refractivity contribution in [3.63, 3.8) is 0 Å². The zero-order valence-corrected chi connectivity index (χ0v) is 15.8. The van der Waals surface area contributed by atoms with Crippen molar-refractivity contribution in [1.29, 1.82) is 0 Å². The lowest BCUT2D eigenvalue weighted by molar-refractivity contribution is -0.386. The molecule has 28 heavy (non-hydrogen) atoms. The molecule has 0 aliphatic carbocycles. The number of nitrogens with zero attached hydrogens (tertiary/aromatic N) is 2. The van der Waals surface area contributed by atoms with E-state index >= 15 is 0 Å². The van der Waals surface area contributed by atoms with Gasteiger partial charge >= 0.3 is 5.69 Å². The second-order valence-corrected chi connectivity index (χ2v) is 5.86. The summed E-state index contributed by atoms with van der Waals surface area (Å²) in [5, 5.41) is 24.7. The molecule has 9 heteroatoms. The summed E-state index contributed by atoms with van der Waals surface area (Å²) in [6.07, 6.45) is 1.21. The van der Waals surface area contributed by atoms with E-state index in [0.29, 0.717) is 5.75 Å². The summed E-state index contributed by atoms with van der Waals surface area (Å²) in [5.41, 5.74) is 4.04. The van der Waals surface area contributed by atoms with Gasteiger partial charge in [-0.05, 0) is 44.0 Å². The quantitative estimate of drug-likeness (QED) is 0.408. The molecule has 2 rings (SSSR count). The van der Waals surface area contributed by atoms with Gasteiger partial charge in [0, 0.05) is 11.6 Å². The number of carbonyl (C=O) groups is 1. The van der Waals surface area contributed by atoms with Crippen LogP contribution < -0.4 is 14.9 Å². The van der Waals surface area contributed by atoms with Gasteiger partial charge < -0.3 is 14.6 Å². The molecule has 0 bridgehead atoms. The fraction of sp³-hybridized carbons (Fsp3) is 0.263. The number of hydrazone groups is 1. The summed E-state index contributed by atoms with van der Waals surface area (Å²) in [6, 6.07) is 8.05. The Morgan fingerprint density at radius 1 is 1.29 bits per heavy atom. The second-order valence-electron chi connectivity index (χ2n) is 5.86. The zero-order chi connectivity index (χ0) is 20.7. The van der Waals surface area contributed by atoms with E-state index < -0.39 is 22.3 Å². The van der Waals surface area contributed by atoms with E-state index in [1.807, 2.05) is 26.0 Å². The first kappa shape index (κ1) is 20.7. The molecular formula is C19H21N3O6. The Hall–Kier alpha value is -3.62. The van der Waals surface area contributed by atoms with Gasteiger partial charge in [-0.3, -0.25) is 14.9 Å². The Morgan fingerprint density at radius 3 is 2.71 bits per heavy atom. The van der Waals surface area contributed by atoms with Gasteiger partial charge in [0.25, 0.3) is 5.91 Å². The molecule has 0 unspecified atom stereocenters.